The van der Waals surface area contributed by atoms with Crippen LogP contribution in [0.15, 0.2) is 51.8 Å². The molecule has 2 saturated carbocycles. The number of allylic oxidation sites excluding steroid dienone is 4. The molecule has 0 bridgehead atoms. The molecule has 0 aromatic heterocycles. The SMILES string of the molecule is Cl.Cl.[CH2]=[Zr]([CH2]C1CCCCC1)([CH2]C1CCCCC1)([C]1=CC=CC1)[c]1cc(C(C)(C)C)cc2c1Cc1ccc(C(C)(C)C)cc1-2. The van der Waals surface area contributed by atoms with Crippen LogP contribution in [-0.4, -0.2) is 4.21 Å². The molecule has 2 aromatic carbocycles. The summed E-state index contributed by atoms with van der Waals surface area (Å²) in [5, 5.41) is 0. The van der Waals surface area contributed by atoms with Gasteiger partial charge in [-0.3, -0.25) is 0 Å². The van der Waals surface area contributed by atoms with Gasteiger partial charge in [0, 0.05) is 0 Å². The molecule has 0 N–H and O–H groups in total. The van der Waals surface area contributed by atoms with Gasteiger partial charge in [0.2, 0.25) is 0 Å². The molecule has 0 aliphatic heterocycles. The van der Waals surface area contributed by atoms with Gasteiger partial charge in [-0.2, -0.15) is 0 Å². The van der Waals surface area contributed by atoms with Crippen LogP contribution >= 0.6 is 24.8 Å². The van der Waals surface area contributed by atoms with Gasteiger partial charge in [-0.05, 0) is 0 Å². The van der Waals surface area contributed by atoms with Gasteiger partial charge in [0.25, 0.3) is 0 Å². The summed E-state index contributed by atoms with van der Waals surface area (Å²) in [6, 6.07) is 12.8. The standard InChI is InChI=1S/C21H25.2C7H13.C5H5.CH2.2ClH.Zr/c1-20(2,3)16-9-7-14-11-15-8-10-17(21(4,5)6)13-19(15)18(14)12-16;2*1-7-5-3-2-4-6-7;1-2-4-5-3-1;;;;/h7,9-10,12-13H,11H2,1-6H3;2*7H,1-6H2;1-3H,4H2;1H2;2*1H;. The molecule has 0 heterocycles. The Hall–Kier alpha value is -0.747. The number of benzene rings is 2. The molecule has 0 spiro atoms. The molecule has 3 heteroatoms. The summed E-state index contributed by atoms with van der Waals surface area (Å²) in [5.74, 6) is 1.72. The Morgan fingerprint density at radius 1 is 0.705 bits per heavy atom. The van der Waals surface area contributed by atoms with Crippen molar-refractivity contribution in [3.8, 4) is 11.1 Å². The van der Waals surface area contributed by atoms with Crippen LogP contribution in [0.5, 0.6) is 0 Å². The predicted molar refractivity (Wildman–Crippen MR) is 198 cm³/mol. The number of rotatable bonds is 6. The van der Waals surface area contributed by atoms with Gasteiger partial charge in [-0.25, -0.2) is 0 Å². The summed E-state index contributed by atoms with van der Waals surface area (Å²) in [5.41, 5.74) is 9.56. The topological polar surface area (TPSA) is 0 Å². The van der Waals surface area contributed by atoms with Crippen molar-refractivity contribution in [3.63, 3.8) is 0 Å². The second-order valence-electron chi connectivity index (χ2n) is 17.3. The molecule has 0 atom stereocenters. The molecule has 4 aliphatic carbocycles. The van der Waals surface area contributed by atoms with Crippen molar-refractivity contribution in [1.82, 2.24) is 0 Å². The van der Waals surface area contributed by atoms with E-state index in [2.05, 4.69) is 90.1 Å². The molecule has 2 fully saturated rings. The first-order chi connectivity index (χ1) is 19.9. The second kappa shape index (κ2) is 13.4. The zero-order valence-corrected chi connectivity index (χ0v) is 32.8. The molecule has 0 unspecified atom stereocenters. The molecule has 4 aliphatic rings. The van der Waals surface area contributed by atoms with Crippen LogP contribution in [0, 0.1) is 11.8 Å². The van der Waals surface area contributed by atoms with E-state index in [0.717, 1.165) is 24.7 Å². The summed E-state index contributed by atoms with van der Waals surface area (Å²) >= 11 is -4.05. The van der Waals surface area contributed by atoms with Gasteiger partial charge in [0.15, 0.2) is 0 Å². The zero-order valence-electron chi connectivity index (χ0n) is 28.7. The summed E-state index contributed by atoms with van der Waals surface area (Å²) in [6.07, 6.45) is 24.0. The van der Waals surface area contributed by atoms with Crippen molar-refractivity contribution < 1.29 is 18.3 Å². The van der Waals surface area contributed by atoms with Gasteiger partial charge in [0.05, 0.1) is 0 Å². The molecule has 6 rings (SSSR count). The molecule has 242 valence electrons. The molecule has 0 saturated heterocycles. The third-order valence-corrected chi connectivity index (χ3v) is 29.4. The minimum absolute atomic E-state index is 0. The maximum atomic E-state index is 5.86. The van der Waals surface area contributed by atoms with E-state index in [9.17, 15) is 0 Å². The van der Waals surface area contributed by atoms with Crippen LogP contribution in [0.3, 0.4) is 0 Å². The fourth-order valence-corrected chi connectivity index (χ4v) is 28.8. The van der Waals surface area contributed by atoms with E-state index in [4.69, 9.17) is 4.21 Å². The minimum atomic E-state index is -4.05. The third-order valence-electron chi connectivity index (χ3n) is 12.1. The van der Waals surface area contributed by atoms with E-state index in [1.165, 1.54) is 89.2 Å². The van der Waals surface area contributed by atoms with Crippen molar-refractivity contribution in [2.45, 2.75) is 138 Å². The monoisotopic (exact) mass is 712 g/mol. The fraction of sp³-hybridized carbons (Fsp3) is 0.585. The van der Waals surface area contributed by atoms with E-state index < -0.39 is 18.3 Å². The molecule has 44 heavy (non-hydrogen) atoms. The molecule has 2 aromatic rings. The first-order valence-electron chi connectivity index (χ1n) is 17.6. The molecule has 0 radical (unpaired) electrons. The van der Waals surface area contributed by atoms with Gasteiger partial charge in [-0.15, -0.1) is 24.8 Å². The van der Waals surface area contributed by atoms with Crippen LogP contribution in [0.4, 0.5) is 0 Å². The third kappa shape index (κ3) is 6.79. The summed E-state index contributed by atoms with van der Waals surface area (Å²) < 4.78 is 12.3. The van der Waals surface area contributed by atoms with E-state index in [1.807, 2.05) is 3.28 Å². The predicted octanol–water partition coefficient (Wildman–Crippen LogP) is 12.3. The number of hydrogen-bond donors (Lipinski definition) is 0. The Morgan fingerprint density at radius 3 is 1.75 bits per heavy atom. The van der Waals surface area contributed by atoms with E-state index in [1.54, 1.807) is 20.0 Å². The first-order valence-corrected chi connectivity index (χ1v) is 25.2. The Labute approximate surface area is 283 Å². The maximum absolute atomic E-state index is 5.86. The zero-order chi connectivity index (χ0) is 29.8. The van der Waals surface area contributed by atoms with Gasteiger partial charge in [-0.1, -0.05) is 0 Å². The average molecular weight is 715 g/mol. The van der Waals surface area contributed by atoms with Crippen molar-refractivity contribution in [2.24, 2.45) is 11.8 Å². The Kier molecular flexibility index (Phi) is 11.0. The van der Waals surface area contributed by atoms with Crippen LogP contribution in [0.2, 0.25) is 8.26 Å². The van der Waals surface area contributed by atoms with Crippen LogP contribution < -0.4 is 3.27 Å². The van der Waals surface area contributed by atoms with E-state index in [0.29, 0.717) is 0 Å². The van der Waals surface area contributed by atoms with Crippen molar-refractivity contribution in [2.75, 3.05) is 0 Å². The first kappa shape index (κ1) is 36.1. The van der Waals surface area contributed by atoms with Crippen LogP contribution in [0.25, 0.3) is 11.1 Å². The van der Waals surface area contributed by atoms with Crippen LogP contribution in [0.1, 0.15) is 134 Å². The second-order valence-corrected chi connectivity index (χ2v) is 31.7. The molecule has 0 amide bonds. The van der Waals surface area contributed by atoms with Crippen LogP contribution in [-0.2, 0) is 35.5 Å². The van der Waals surface area contributed by atoms with Gasteiger partial charge >= 0.3 is 261 Å². The van der Waals surface area contributed by atoms with E-state index >= 15 is 0 Å². The quantitative estimate of drug-likeness (QED) is 0.238. The van der Waals surface area contributed by atoms with E-state index in [-0.39, 0.29) is 35.6 Å². The Morgan fingerprint density at radius 2 is 1.25 bits per heavy atom. The van der Waals surface area contributed by atoms with Gasteiger partial charge in [0.1, 0.15) is 0 Å². The normalized spacial score (nSPS) is 19.6. The molecular formula is C41H60Cl2Zr. The summed E-state index contributed by atoms with van der Waals surface area (Å²) in [6.45, 7) is 14.4. The molecule has 0 nitrogen and oxygen atoms in total. The number of halogens is 2. The summed E-state index contributed by atoms with van der Waals surface area (Å²) in [7, 11) is 0. The number of fused-ring (bicyclic) bond motifs is 3. The van der Waals surface area contributed by atoms with Crippen molar-refractivity contribution in [1.29, 1.82) is 0 Å². The van der Waals surface area contributed by atoms with Crippen molar-refractivity contribution in [3.05, 3.63) is 74.1 Å². The fourth-order valence-electron chi connectivity index (χ4n) is 9.61. The average Bonchev–Trinajstić information content (AvgIpc) is 3.62. The number of hydrogen-bond acceptors (Lipinski definition) is 0. The Balaban J connectivity index is 0.00000221. The summed E-state index contributed by atoms with van der Waals surface area (Å²) in [4.78, 5) is 0. The van der Waals surface area contributed by atoms with Crippen molar-refractivity contribution >= 4 is 32.3 Å². The Bertz CT molecular complexity index is 1440. The van der Waals surface area contributed by atoms with Gasteiger partial charge < -0.3 is 0 Å². The molecular weight excluding hydrogens is 655 g/mol.